The van der Waals surface area contributed by atoms with Crippen LogP contribution >= 0.6 is 11.6 Å². The number of benzene rings is 1. The maximum atomic E-state index is 12.4. The molecule has 110 valence electrons. The summed E-state index contributed by atoms with van der Waals surface area (Å²) in [6, 6.07) is 8.25. The lowest BCUT2D eigenvalue weighted by atomic mass is 10.0. The number of carbonyl (C=O) groups excluding carboxylic acids is 1. The van der Waals surface area contributed by atoms with Crippen molar-refractivity contribution in [2.75, 3.05) is 6.54 Å². The van der Waals surface area contributed by atoms with Crippen molar-refractivity contribution in [3.63, 3.8) is 0 Å². The Hall–Kier alpha value is -1.22. The maximum absolute atomic E-state index is 12.4. The number of halogens is 1. The number of carbonyl (C=O) groups is 1. The largest absolute Gasteiger partial charge is 0.336 e. The highest BCUT2D eigenvalue weighted by Gasteiger charge is 2.26. The Labute approximate surface area is 126 Å². The predicted octanol–water partition coefficient (Wildman–Crippen LogP) is 4.38. The molecule has 1 heterocycles. The van der Waals surface area contributed by atoms with E-state index in [0.29, 0.717) is 0 Å². The van der Waals surface area contributed by atoms with Crippen LogP contribution in [0, 0.1) is 0 Å². The number of amides is 2. The summed E-state index contributed by atoms with van der Waals surface area (Å²) in [5.41, 5.74) is 1.18. The normalized spacial score (nSPS) is 19.8. The lowest BCUT2D eigenvalue weighted by molar-refractivity contribution is 0.173. The average Bonchev–Trinajstić information content (AvgIpc) is 2.64. The highest BCUT2D eigenvalue weighted by Crippen LogP contribution is 2.30. The van der Waals surface area contributed by atoms with E-state index in [1.165, 1.54) is 18.4 Å². The molecule has 1 atom stereocenters. The zero-order valence-corrected chi connectivity index (χ0v) is 13.0. The maximum Gasteiger partial charge on any atom is 0.318 e. The fourth-order valence-electron chi connectivity index (χ4n) is 2.71. The summed E-state index contributed by atoms with van der Waals surface area (Å²) in [6.45, 7) is 4.81. The van der Waals surface area contributed by atoms with Crippen molar-refractivity contribution in [3.05, 3.63) is 34.9 Å². The lowest BCUT2D eigenvalue weighted by Gasteiger charge is -2.31. The quantitative estimate of drug-likeness (QED) is 0.863. The van der Waals surface area contributed by atoms with Crippen molar-refractivity contribution in [2.24, 2.45) is 0 Å². The minimum absolute atomic E-state index is 0.0434. The molecule has 0 spiro atoms. The zero-order valence-electron chi connectivity index (χ0n) is 12.2. The van der Waals surface area contributed by atoms with E-state index in [1.807, 2.05) is 43.0 Å². The third kappa shape index (κ3) is 3.89. The number of rotatable bonds is 2. The summed E-state index contributed by atoms with van der Waals surface area (Å²) >= 11 is 5.96. The molecule has 0 radical (unpaired) electrons. The van der Waals surface area contributed by atoms with Crippen LogP contribution in [0.25, 0.3) is 0 Å². The number of urea groups is 1. The van der Waals surface area contributed by atoms with Gasteiger partial charge >= 0.3 is 6.03 Å². The van der Waals surface area contributed by atoms with Crippen molar-refractivity contribution < 1.29 is 4.79 Å². The molecule has 0 aliphatic carbocycles. The molecular weight excluding hydrogens is 272 g/mol. The lowest BCUT2D eigenvalue weighted by Crippen LogP contribution is -2.44. The Balaban J connectivity index is 2.20. The minimum Gasteiger partial charge on any atom is -0.336 e. The summed E-state index contributed by atoms with van der Waals surface area (Å²) in [7, 11) is 0. The first-order valence-electron chi connectivity index (χ1n) is 7.40. The number of nitrogens with zero attached hydrogens (tertiary/aromatic N) is 1. The zero-order chi connectivity index (χ0) is 14.5. The first-order chi connectivity index (χ1) is 9.58. The van der Waals surface area contributed by atoms with Gasteiger partial charge in [0.15, 0.2) is 0 Å². The molecule has 1 fully saturated rings. The van der Waals surface area contributed by atoms with E-state index in [4.69, 9.17) is 11.6 Å². The van der Waals surface area contributed by atoms with Gasteiger partial charge in [-0.2, -0.15) is 0 Å². The van der Waals surface area contributed by atoms with Crippen LogP contribution in [0.2, 0.25) is 5.02 Å². The molecule has 4 heteroatoms. The third-order valence-corrected chi connectivity index (χ3v) is 3.93. The molecule has 2 rings (SSSR count). The molecule has 0 saturated carbocycles. The Bertz CT molecular complexity index is 444. The van der Waals surface area contributed by atoms with E-state index >= 15 is 0 Å². The third-order valence-electron chi connectivity index (χ3n) is 3.68. The van der Waals surface area contributed by atoms with Crippen molar-refractivity contribution >= 4 is 17.6 Å². The Morgan fingerprint density at radius 3 is 2.60 bits per heavy atom. The average molecular weight is 295 g/mol. The van der Waals surface area contributed by atoms with Gasteiger partial charge in [-0.25, -0.2) is 4.79 Å². The molecule has 1 aromatic carbocycles. The van der Waals surface area contributed by atoms with Crippen molar-refractivity contribution in [2.45, 2.75) is 51.6 Å². The fraction of sp³-hybridized carbons (Fsp3) is 0.562. The molecule has 1 aromatic rings. The Morgan fingerprint density at radius 1 is 1.25 bits per heavy atom. The van der Waals surface area contributed by atoms with Gasteiger partial charge in [-0.3, -0.25) is 0 Å². The van der Waals surface area contributed by atoms with Gasteiger partial charge in [-0.15, -0.1) is 0 Å². The summed E-state index contributed by atoms with van der Waals surface area (Å²) in [5, 5.41) is 3.75. The standard InChI is InChI=1S/C16H23ClN2O/c1-12(2)18-16(20)19-11-5-3-4-6-15(19)13-7-9-14(17)10-8-13/h7-10,12,15H,3-6,11H2,1-2H3,(H,18,20)/t15-/m1/s1. The number of hydrogen-bond acceptors (Lipinski definition) is 1. The molecule has 1 aliphatic rings. The molecule has 1 N–H and O–H groups in total. The van der Waals surface area contributed by atoms with Gasteiger partial charge in [0.1, 0.15) is 0 Å². The van der Waals surface area contributed by atoms with Crippen LogP contribution in [0.3, 0.4) is 0 Å². The topological polar surface area (TPSA) is 32.3 Å². The Kier molecular flexibility index (Phi) is 5.30. The number of nitrogens with one attached hydrogen (secondary N) is 1. The van der Waals surface area contributed by atoms with Gasteiger partial charge in [0, 0.05) is 17.6 Å². The molecular formula is C16H23ClN2O. The predicted molar refractivity (Wildman–Crippen MR) is 83.0 cm³/mol. The highest BCUT2D eigenvalue weighted by atomic mass is 35.5. The first kappa shape index (κ1) is 15.2. The van der Waals surface area contributed by atoms with E-state index in [-0.39, 0.29) is 18.1 Å². The molecule has 0 bridgehead atoms. The molecule has 3 nitrogen and oxygen atoms in total. The van der Waals surface area contributed by atoms with Crippen LogP contribution in [-0.2, 0) is 0 Å². The van der Waals surface area contributed by atoms with E-state index in [2.05, 4.69) is 5.32 Å². The van der Waals surface area contributed by atoms with Gasteiger partial charge in [-0.05, 0) is 44.4 Å². The van der Waals surface area contributed by atoms with Gasteiger partial charge in [0.05, 0.1) is 6.04 Å². The van der Waals surface area contributed by atoms with E-state index in [9.17, 15) is 4.79 Å². The second kappa shape index (κ2) is 6.98. The SMILES string of the molecule is CC(C)NC(=O)N1CCCCC[C@@H]1c1ccc(Cl)cc1. The second-order valence-electron chi connectivity index (χ2n) is 5.71. The highest BCUT2D eigenvalue weighted by molar-refractivity contribution is 6.30. The second-order valence-corrected chi connectivity index (χ2v) is 6.15. The number of likely N-dealkylation sites (tertiary alicyclic amines) is 1. The minimum atomic E-state index is 0.0434. The molecule has 2 amide bonds. The van der Waals surface area contributed by atoms with Crippen molar-refractivity contribution in [1.29, 1.82) is 0 Å². The van der Waals surface area contributed by atoms with Gasteiger partial charge in [0.2, 0.25) is 0 Å². The van der Waals surface area contributed by atoms with Crippen molar-refractivity contribution in [3.8, 4) is 0 Å². The summed E-state index contributed by atoms with van der Waals surface area (Å²) < 4.78 is 0. The van der Waals surface area contributed by atoms with Crippen LogP contribution in [0.15, 0.2) is 24.3 Å². The molecule has 20 heavy (non-hydrogen) atoms. The van der Waals surface area contributed by atoms with Gasteiger partial charge in [-0.1, -0.05) is 36.6 Å². The molecule has 0 aromatic heterocycles. The van der Waals surface area contributed by atoms with E-state index in [0.717, 1.165) is 24.4 Å². The van der Waals surface area contributed by atoms with Crippen LogP contribution in [0.1, 0.15) is 51.1 Å². The van der Waals surface area contributed by atoms with Crippen molar-refractivity contribution in [1.82, 2.24) is 10.2 Å². The van der Waals surface area contributed by atoms with Crippen LogP contribution < -0.4 is 5.32 Å². The van der Waals surface area contributed by atoms with Gasteiger partial charge < -0.3 is 10.2 Å². The fourth-order valence-corrected chi connectivity index (χ4v) is 2.84. The molecule has 1 saturated heterocycles. The van der Waals surface area contributed by atoms with Crippen LogP contribution in [0.4, 0.5) is 4.79 Å². The number of hydrogen-bond donors (Lipinski definition) is 1. The van der Waals surface area contributed by atoms with Crippen LogP contribution in [0.5, 0.6) is 0 Å². The van der Waals surface area contributed by atoms with Crippen LogP contribution in [-0.4, -0.2) is 23.5 Å². The molecule has 1 aliphatic heterocycles. The van der Waals surface area contributed by atoms with Gasteiger partial charge in [0.25, 0.3) is 0 Å². The van der Waals surface area contributed by atoms with E-state index < -0.39 is 0 Å². The summed E-state index contributed by atoms with van der Waals surface area (Å²) in [4.78, 5) is 14.4. The summed E-state index contributed by atoms with van der Waals surface area (Å²) in [6.07, 6.45) is 4.46. The monoisotopic (exact) mass is 294 g/mol. The molecule has 0 unspecified atom stereocenters. The smallest absolute Gasteiger partial charge is 0.318 e. The first-order valence-corrected chi connectivity index (χ1v) is 7.78. The van der Waals surface area contributed by atoms with E-state index in [1.54, 1.807) is 0 Å². The Morgan fingerprint density at radius 2 is 1.95 bits per heavy atom. The summed E-state index contributed by atoms with van der Waals surface area (Å²) in [5.74, 6) is 0.